The number of hydrogen-bond donors (Lipinski definition) is 1. The topological polar surface area (TPSA) is 90.9 Å². The molecule has 26 heavy (non-hydrogen) atoms. The molecule has 2 rings (SSSR count). The van der Waals surface area contributed by atoms with E-state index in [0.29, 0.717) is 48.3 Å². The van der Waals surface area contributed by atoms with Gasteiger partial charge in [0.15, 0.2) is 11.5 Å². The number of rotatable bonds is 9. The average molecular weight is 380 g/mol. The molecule has 0 spiro atoms. The van der Waals surface area contributed by atoms with Crippen molar-refractivity contribution in [2.45, 2.75) is 13.1 Å². The van der Waals surface area contributed by atoms with Crippen molar-refractivity contribution in [2.24, 2.45) is 5.73 Å². The third-order valence-corrected chi connectivity index (χ3v) is 4.19. The number of methoxy groups -OCH3 is 2. The van der Waals surface area contributed by atoms with Crippen molar-refractivity contribution in [1.82, 2.24) is 4.90 Å². The molecule has 140 valence electrons. The maximum atomic E-state index is 11.5. The fraction of sp³-hybridized carbons (Fsp3) is 0.333. The van der Waals surface area contributed by atoms with E-state index in [1.165, 1.54) is 20.3 Å². The van der Waals surface area contributed by atoms with Crippen LogP contribution in [0.25, 0.3) is 0 Å². The van der Waals surface area contributed by atoms with Gasteiger partial charge in [-0.25, -0.2) is 0 Å². The quantitative estimate of drug-likeness (QED) is 0.531. The molecule has 0 aliphatic carbocycles. The first-order valence-electron chi connectivity index (χ1n) is 8.04. The Hall–Kier alpha value is -2.35. The smallest absolute Gasteiger partial charge is 0.277 e. The van der Waals surface area contributed by atoms with E-state index < -0.39 is 4.92 Å². The summed E-state index contributed by atoms with van der Waals surface area (Å²) < 4.78 is 10.4. The predicted molar refractivity (Wildman–Crippen MR) is 101 cm³/mol. The van der Waals surface area contributed by atoms with Crippen LogP contribution in [-0.2, 0) is 13.1 Å². The minimum Gasteiger partial charge on any atom is -0.493 e. The molecule has 0 heterocycles. The zero-order valence-electron chi connectivity index (χ0n) is 14.8. The molecular formula is C18H22ClN3O4. The largest absolute Gasteiger partial charge is 0.493 e. The molecule has 2 aromatic rings. The highest BCUT2D eigenvalue weighted by Gasteiger charge is 2.21. The summed E-state index contributed by atoms with van der Waals surface area (Å²) in [5.41, 5.74) is 7.29. The molecule has 0 aliphatic rings. The van der Waals surface area contributed by atoms with Crippen LogP contribution in [0.3, 0.4) is 0 Å². The summed E-state index contributed by atoms with van der Waals surface area (Å²) in [6.45, 7) is 1.99. The summed E-state index contributed by atoms with van der Waals surface area (Å²) in [7, 11) is 2.95. The summed E-state index contributed by atoms with van der Waals surface area (Å²) in [5, 5.41) is 12.1. The normalized spacial score (nSPS) is 10.8. The molecule has 7 nitrogen and oxygen atoms in total. The van der Waals surface area contributed by atoms with Gasteiger partial charge in [-0.1, -0.05) is 23.7 Å². The van der Waals surface area contributed by atoms with E-state index in [2.05, 4.69) is 0 Å². The maximum Gasteiger partial charge on any atom is 0.277 e. The van der Waals surface area contributed by atoms with Crippen LogP contribution >= 0.6 is 11.6 Å². The Bertz CT molecular complexity index is 753. The van der Waals surface area contributed by atoms with Crippen molar-refractivity contribution in [3.05, 3.63) is 62.7 Å². The molecule has 2 N–H and O–H groups in total. The molecule has 0 aromatic heterocycles. The van der Waals surface area contributed by atoms with Crippen LogP contribution in [-0.4, -0.2) is 37.1 Å². The van der Waals surface area contributed by atoms with Crippen LogP contribution in [0, 0.1) is 10.1 Å². The van der Waals surface area contributed by atoms with Gasteiger partial charge in [-0.3, -0.25) is 15.0 Å². The van der Waals surface area contributed by atoms with Crippen molar-refractivity contribution < 1.29 is 14.4 Å². The van der Waals surface area contributed by atoms with Crippen LogP contribution in [0.1, 0.15) is 11.1 Å². The van der Waals surface area contributed by atoms with Crippen LogP contribution in [0.5, 0.6) is 11.5 Å². The third-order valence-electron chi connectivity index (χ3n) is 3.94. The van der Waals surface area contributed by atoms with E-state index in [-0.39, 0.29) is 5.69 Å². The van der Waals surface area contributed by atoms with Gasteiger partial charge in [0, 0.05) is 36.8 Å². The van der Waals surface area contributed by atoms with Gasteiger partial charge in [-0.2, -0.15) is 0 Å². The fourth-order valence-electron chi connectivity index (χ4n) is 2.69. The second-order valence-electron chi connectivity index (χ2n) is 5.72. The van der Waals surface area contributed by atoms with Crippen LogP contribution < -0.4 is 15.2 Å². The van der Waals surface area contributed by atoms with Crippen molar-refractivity contribution >= 4 is 17.3 Å². The summed E-state index contributed by atoms with van der Waals surface area (Å²) in [5.74, 6) is 0.776. The summed E-state index contributed by atoms with van der Waals surface area (Å²) in [6, 6.07) is 10.5. The van der Waals surface area contributed by atoms with Crippen molar-refractivity contribution in [2.75, 3.05) is 27.3 Å². The van der Waals surface area contributed by atoms with Gasteiger partial charge in [0.25, 0.3) is 5.69 Å². The molecule has 0 bridgehead atoms. The fourth-order valence-corrected chi connectivity index (χ4v) is 2.82. The highest BCUT2D eigenvalue weighted by atomic mass is 35.5. The Morgan fingerprint density at radius 3 is 2.27 bits per heavy atom. The number of ether oxygens (including phenoxy) is 2. The second kappa shape index (κ2) is 9.38. The summed E-state index contributed by atoms with van der Waals surface area (Å²) >= 11 is 5.92. The Morgan fingerprint density at radius 2 is 1.73 bits per heavy atom. The van der Waals surface area contributed by atoms with Gasteiger partial charge < -0.3 is 15.2 Å². The second-order valence-corrected chi connectivity index (χ2v) is 6.16. The zero-order valence-corrected chi connectivity index (χ0v) is 15.5. The molecule has 0 aliphatic heterocycles. The molecule has 0 radical (unpaired) electrons. The van der Waals surface area contributed by atoms with Gasteiger partial charge in [-0.05, 0) is 23.8 Å². The lowest BCUT2D eigenvalue weighted by molar-refractivity contribution is -0.385. The van der Waals surface area contributed by atoms with Gasteiger partial charge in [0.1, 0.15) is 0 Å². The molecule has 0 atom stereocenters. The highest BCUT2D eigenvalue weighted by molar-refractivity contribution is 6.30. The maximum absolute atomic E-state index is 11.5. The highest BCUT2D eigenvalue weighted by Crippen LogP contribution is 2.35. The monoisotopic (exact) mass is 379 g/mol. The van der Waals surface area contributed by atoms with Crippen LogP contribution in [0.15, 0.2) is 36.4 Å². The first-order valence-corrected chi connectivity index (χ1v) is 8.42. The third kappa shape index (κ3) is 5.08. The number of nitrogens with zero attached hydrogens (tertiary/aromatic N) is 2. The lowest BCUT2D eigenvalue weighted by atomic mass is 10.1. The Kier molecular flexibility index (Phi) is 7.20. The number of halogens is 1. The van der Waals surface area contributed by atoms with Crippen molar-refractivity contribution in [3.8, 4) is 11.5 Å². The first-order chi connectivity index (χ1) is 12.5. The standard InChI is InChI=1S/C18H22ClN3O4/c1-25-17-9-14(16(22(23)24)10-18(17)26-2)12-21(8-7-20)11-13-3-5-15(19)6-4-13/h3-6,9-10H,7-8,11-12,20H2,1-2H3. The molecule has 0 saturated carbocycles. The molecule has 2 aromatic carbocycles. The molecule has 0 fully saturated rings. The molecule has 0 saturated heterocycles. The van der Waals surface area contributed by atoms with Crippen molar-refractivity contribution in [1.29, 1.82) is 0 Å². The SMILES string of the molecule is COc1cc(CN(CCN)Cc2ccc(Cl)cc2)c([N+](=O)[O-])cc1OC. The Morgan fingerprint density at radius 1 is 1.12 bits per heavy atom. The molecular weight excluding hydrogens is 358 g/mol. The van der Waals surface area contributed by atoms with Gasteiger partial charge >= 0.3 is 0 Å². The number of nitro groups is 1. The number of nitrogens with two attached hydrogens (primary N) is 1. The van der Waals surface area contributed by atoms with Gasteiger partial charge in [0.05, 0.1) is 25.2 Å². The van der Waals surface area contributed by atoms with Crippen LogP contribution in [0.4, 0.5) is 5.69 Å². The summed E-state index contributed by atoms with van der Waals surface area (Å²) in [4.78, 5) is 13.1. The zero-order chi connectivity index (χ0) is 19.1. The lowest BCUT2D eigenvalue weighted by Crippen LogP contribution is -2.29. The van der Waals surface area contributed by atoms with Crippen molar-refractivity contribution in [3.63, 3.8) is 0 Å². The van der Waals surface area contributed by atoms with E-state index in [4.69, 9.17) is 26.8 Å². The number of hydrogen-bond acceptors (Lipinski definition) is 6. The predicted octanol–water partition coefficient (Wildman–Crippen LogP) is 3.23. The van der Waals surface area contributed by atoms with E-state index in [9.17, 15) is 10.1 Å². The average Bonchev–Trinajstić information content (AvgIpc) is 2.63. The molecule has 8 heteroatoms. The minimum atomic E-state index is -0.416. The number of nitro benzene ring substituents is 1. The molecule has 0 unspecified atom stereocenters. The van der Waals surface area contributed by atoms with E-state index in [0.717, 1.165) is 5.56 Å². The minimum absolute atomic E-state index is 0.0132. The Balaban J connectivity index is 2.31. The molecule has 0 amide bonds. The van der Waals surface area contributed by atoms with E-state index in [1.807, 2.05) is 29.2 Å². The van der Waals surface area contributed by atoms with Gasteiger partial charge in [-0.15, -0.1) is 0 Å². The van der Waals surface area contributed by atoms with Crippen LogP contribution in [0.2, 0.25) is 5.02 Å². The van der Waals surface area contributed by atoms with E-state index in [1.54, 1.807) is 6.07 Å². The Labute approximate surface area is 157 Å². The van der Waals surface area contributed by atoms with E-state index >= 15 is 0 Å². The summed E-state index contributed by atoms with van der Waals surface area (Å²) in [6.07, 6.45) is 0. The van der Waals surface area contributed by atoms with Gasteiger partial charge in [0.2, 0.25) is 0 Å². The first kappa shape index (κ1) is 20.0. The number of benzene rings is 2. The lowest BCUT2D eigenvalue weighted by Gasteiger charge is -2.22.